The highest BCUT2D eigenvalue weighted by molar-refractivity contribution is 7.92. The van der Waals surface area contributed by atoms with Crippen LogP contribution < -0.4 is 14.2 Å². The van der Waals surface area contributed by atoms with Crippen molar-refractivity contribution in [2.45, 2.75) is 19.4 Å². The minimum Gasteiger partial charge on any atom is -0.497 e. The van der Waals surface area contributed by atoms with Crippen LogP contribution in [0.1, 0.15) is 16.8 Å². The number of hydrogen-bond acceptors (Lipinski definition) is 8. The Morgan fingerprint density at radius 1 is 1.08 bits per heavy atom. The van der Waals surface area contributed by atoms with Gasteiger partial charge in [0.1, 0.15) is 11.4 Å². The van der Waals surface area contributed by atoms with Gasteiger partial charge in [0.15, 0.2) is 0 Å². The molecule has 0 saturated carbocycles. The summed E-state index contributed by atoms with van der Waals surface area (Å²) in [4.78, 5) is 4.31. The molecule has 0 spiro atoms. The molecular formula is C25H28N6O5S. The number of fused-ring (bicyclic) bond motifs is 1. The molecule has 4 aromatic rings. The van der Waals surface area contributed by atoms with E-state index in [9.17, 15) is 8.42 Å². The predicted molar refractivity (Wildman–Crippen MR) is 138 cm³/mol. The Morgan fingerprint density at radius 2 is 1.86 bits per heavy atom. The highest BCUT2D eigenvalue weighted by atomic mass is 32.2. The minimum atomic E-state index is -3.53. The summed E-state index contributed by atoms with van der Waals surface area (Å²) in [6.45, 7) is 1.76. The van der Waals surface area contributed by atoms with E-state index >= 15 is 0 Å². The Kier molecular flexibility index (Phi) is 6.85. The molecule has 12 heteroatoms. The van der Waals surface area contributed by atoms with Gasteiger partial charge < -0.3 is 14.2 Å². The molecule has 0 unspecified atom stereocenters. The maximum absolute atomic E-state index is 11.9. The molecule has 3 aromatic heterocycles. The highest BCUT2D eigenvalue weighted by Gasteiger charge is 2.24. The second-order valence-electron chi connectivity index (χ2n) is 8.70. The summed E-state index contributed by atoms with van der Waals surface area (Å²) in [5.74, 6) is 0.985. The molecule has 0 aliphatic carbocycles. The molecule has 4 heterocycles. The Morgan fingerprint density at radius 3 is 2.59 bits per heavy atom. The molecule has 1 aliphatic heterocycles. The number of sulfonamides is 1. The lowest BCUT2D eigenvalue weighted by Gasteiger charge is -2.12. The van der Waals surface area contributed by atoms with E-state index in [1.165, 1.54) is 7.11 Å². The summed E-state index contributed by atoms with van der Waals surface area (Å²) >= 11 is 0. The number of nitrogens with one attached hydrogen (secondary N) is 1. The zero-order valence-corrected chi connectivity index (χ0v) is 21.7. The molecule has 0 amide bonds. The average Bonchev–Trinajstić information content (AvgIpc) is 3.40. The van der Waals surface area contributed by atoms with Gasteiger partial charge in [-0.2, -0.15) is 10.2 Å². The number of benzene rings is 1. The third-order valence-corrected chi connectivity index (χ3v) is 6.64. The highest BCUT2D eigenvalue weighted by Crippen LogP contribution is 2.32. The Hall–Kier alpha value is -3.90. The molecule has 0 saturated heterocycles. The van der Waals surface area contributed by atoms with Gasteiger partial charge in [0.05, 0.1) is 69.7 Å². The molecule has 0 radical (unpaired) electrons. The van der Waals surface area contributed by atoms with Crippen LogP contribution in [-0.2, 0) is 34.1 Å². The van der Waals surface area contributed by atoms with Crippen LogP contribution in [0.2, 0.25) is 0 Å². The number of rotatable bonds is 8. The number of aromatic nitrogens is 5. The molecule has 1 N–H and O–H groups in total. The van der Waals surface area contributed by atoms with Crippen molar-refractivity contribution in [1.82, 2.24) is 24.5 Å². The molecule has 37 heavy (non-hydrogen) atoms. The quantitative estimate of drug-likeness (QED) is 0.373. The SMILES string of the molecule is COc1ccc(Cn2cc(-c3nn(-c4cnc(OC)c(NS(C)(=O)=O)c4)c4c3CCOCC4)cn2)cc1. The van der Waals surface area contributed by atoms with Crippen LogP contribution in [0.25, 0.3) is 16.9 Å². The van der Waals surface area contributed by atoms with Gasteiger partial charge in [0.25, 0.3) is 0 Å². The number of anilines is 1. The van der Waals surface area contributed by atoms with E-state index in [0.717, 1.165) is 40.1 Å². The smallest absolute Gasteiger partial charge is 0.238 e. The maximum atomic E-state index is 11.9. The number of nitrogens with zero attached hydrogens (tertiary/aromatic N) is 5. The van der Waals surface area contributed by atoms with Gasteiger partial charge in [-0.1, -0.05) is 12.1 Å². The van der Waals surface area contributed by atoms with Crippen molar-refractivity contribution < 1.29 is 22.6 Å². The lowest BCUT2D eigenvalue weighted by molar-refractivity contribution is 0.145. The van der Waals surface area contributed by atoms with Crippen molar-refractivity contribution >= 4 is 15.7 Å². The summed E-state index contributed by atoms with van der Waals surface area (Å²) in [7, 11) is -0.450. The van der Waals surface area contributed by atoms with Crippen molar-refractivity contribution in [2.75, 3.05) is 38.4 Å². The van der Waals surface area contributed by atoms with Crippen LogP contribution in [0.4, 0.5) is 5.69 Å². The van der Waals surface area contributed by atoms with E-state index in [-0.39, 0.29) is 11.6 Å². The van der Waals surface area contributed by atoms with Gasteiger partial charge >= 0.3 is 0 Å². The zero-order valence-electron chi connectivity index (χ0n) is 20.8. The topological polar surface area (TPSA) is 122 Å². The molecule has 11 nitrogen and oxygen atoms in total. The lowest BCUT2D eigenvalue weighted by Crippen LogP contribution is -2.12. The monoisotopic (exact) mass is 524 g/mol. The van der Waals surface area contributed by atoms with Crippen molar-refractivity contribution in [2.24, 2.45) is 0 Å². The van der Waals surface area contributed by atoms with Crippen LogP contribution in [0.15, 0.2) is 48.9 Å². The van der Waals surface area contributed by atoms with Gasteiger partial charge in [-0.3, -0.25) is 9.40 Å². The van der Waals surface area contributed by atoms with Crippen LogP contribution in [0, 0.1) is 0 Å². The summed E-state index contributed by atoms with van der Waals surface area (Å²) in [5, 5.41) is 9.50. The van der Waals surface area contributed by atoms with Crippen molar-refractivity contribution in [3.05, 3.63) is 65.7 Å². The van der Waals surface area contributed by atoms with E-state index in [1.54, 1.807) is 24.1 Å². The van der Waals surface area contributed by atoms with Crippen LogP contribution in [0.3, 0.4) is 0 Å². The van der Waals surface area contributed by atoms with E-state index in [0.29, 0.717) is 38.3 Å². The number of hydrogen-bond donors (Lipinski definition) is 1. The Labute approximate surface area is 215 Å². The predicted octanol–water partition coefficient (Wildman–Crippen LogP) is 2.68. The van der Waals surface area contributed by atoms with Crippen LogP contribution >= 0.6 is 0 Å². The van der Waals surface area contributed by atoms with Crippen molar-refractivity contribution in [1.29, 1.82) is 0 Å². The van der Waals surface area contributed by atoms with Crippen molar-refractivity contribution in [3.63, 3.8) is 0 Å². The number of methoxy groups -OCH3 is 2. The Balaban J connectivity index is 1.52. The van der Waals surface area contributed by atoms with Gasteiger partial charge in [-0.05, 0) is 30.2 Å². The fourth-order valence-corrected chi connectivity index (χ4v) is 4.92. The summed E-state index contributed by atoms with van der Waals surface area (Å²) in [5.41, 5.74) is 5.73. The van der Waals surface area contributed by atoms with Gasteiger partial charge in [0, 0.05) is 23.7 Å². The van der Waals surface area contributed by atoms with Gasteiger partial charge in [0.2, 0.25) is 15.9 Å². The molecule has 0 fully saturated rings. The first-order chi connectivity index (χ1) is 17.8. The number of pyridine rings is 1. The maximum Gasteiger partial charge on any atom is 0.238 e. The fourth-order valence-electron chi connectivity index (χ4n) is 4.38. The first kappa shape index (κ1) is 24.8. The summed E-state index contributed by atoms with van der Waals surface area (Å²) in [6, 6.07) is 9.55. The summed E-state index contributed by atoms with van der Waals surface area (Å²) in [6.07, 6.45) is 7.84. The normalized spacial score (nSPS) is 13.6. The first-order valence-electron chi connectivity index (χ1n) is 11.7. The van der Waals surface area contributed by atoms with E-state index < -0.39 is 10.0 Å². The standard InChI is InChI=1S/C25H28N6O5S/c1-34-20-6-4-17(5-7-20)15-30-16-18(13-27-30)24-21-8-10-36-11-9-23(21)31(28-24)19-12-22(29-37(3,32)33)25(35-2)26-14-19/h4-7,12-14,16,29H,8-11,15H2,1-3H3. The van der Waals surface area contributed by atoms with Crippen molar-refractivity contribution in [3.8, 4) is 28.6 Å². The average molecular weight is 525 g/mol. The Bertz CT molecular complexity index is 1510. The van der Waals surface area contributed by atoms with Gasteiger partial charge in [-0.15, -0.1) is 0 Å². The second-order valence-corrected chi connectivity index (χ2v) is 10.4. The van der Waals surface area contributed by atoms with Gasteiger partial charge in [-0.25, -0.2) is 18.1 Å². The second kappa shape index (κ2) is 10.2. The molecular weight excluding hydrogens is 496 g/mol. The molecule has 194 valence electrons. The first-order valence-corrected chi connectivity index (χ1v) is 13.6. The zero-order chi connectivity index (χ0) is 26.0. The number of ether oxygens (including phenoxy) is 3. The van der Waals surface area contributed by atoms with Crippen LogP contribution in [0.5, 0.6) is 11.6 Å². The van der Waals surface area contributed by atoms with E-state index in [2.05, 4.69) is 14.8 Å². The third-order valence-electron chi connectivity index (χ3n) is 6.05. The van der Waals surface area contributed by atoms with E-state index in [4.69, 9.17) is 19.3 Å². The lowest BCUT2D eigenvalue weighted by atomic mass is 10.1. The molecule has 1 aromatic carbocycles. The minimum absolute atomic E-state index is 0.177. The third kappa shape index (κ3) is 5.44. The fraction of sp³-hybridized carbons (Fsp3) is 0.320. The largest absolute Gasteiger partial charge is 0.497 e. The van der Waals surface area contributed by atoms with Crippen LogP contribution in [-0.4, -0.2) is 66.7 Å². The molecule has 1 aliphatic rings. The molecule has 0 bridgehead atoms. The van der Waals surface area contributed by atoms with E-state index in [1.807, 2.05) is 41.3 Å². The summed E-state index contributed by atoms with van der Waals surface area (Å²) < 4.78 is 46.2. The molecule has 0 atom stereocenters. The molecule has 5 rings (SSSR count).